The van der Waals surface area contributed by atoms with E-state index in [0.717, 1.165) is 17.5 Å². The third-order valence-corrected chi connectivity index (χ3v) is 4.48. The van der Waals surface area contributed by atoms with Gasteiger partial charge in [-0.25, -0.2) is 4.79 Å². The van der Waals surface area contributed by atoms with Crippen molar-refractivity contribution in [3.05, 3.63) is 53.1 Å². The van der Waals surface area contributed by atoms with Gasteiger partial charge in [0.05, 0.1) is 19.3 Å². The van der Waals surface area contributed by atoms with Crippen LogP contribution in [-0.4, -0.2) is 32.2 Å². The number of anilines is 1. The van der Waals surface area contributed by atoms with Crippen molar-refractivity contribution in [2.24, 2.45) is 5.92 Å². The topological polar surface area (TPSA) is 73.9 Å². The quantitative estimate of drug-likeness (QED) is 0.627. The van der Waals surface area contributed by atoms with Crippen molar-refractivity contribution >= 4 is 17.6 Å². The molecule has 1 amide bonds. The van der Waals surface area contributed by atoms with Gasteiger partial charge >= 0.3 is 5.97 Å². The summed E-state index contributed by atoms with van der Waals surface area (Å²) >= 11 is 0. The molecule has 0 bridgehead atoms. The molecule has 0 aliphatic heterocycles. The van der Waals surface area contributed by atoms with Gasteiger partial charge in [-0.1, -0.05) is 19.9 Å². The number of carbonyl (C=O) groups is 2. The zero-order chi connectivity index (χ0) is 21.4. The van der Waals surface area contributed by atoms with Gasteiger partial charge in [0.2, 0.25) is 0 Å². The Labute approximate surface area is 172 Å². The molecule has 0 radical (unpaired) electrons. The maximum absolute atomic E-state index is 12.3. The lowest BCUT2D eigenvalue weighted by Crippen LogP contribution is -2.21. The number of nitrogens with one attached hydrogen (secondary N) is 1. The molecule has 0 saturated heterocycles. The normalized spacial score (nSPS) is 10.6. The van der Waals surface area contributed by atoms with Crippen LogP contribution in [0.3, 0.4) is 0 Å². The molecule has 2 rings (SSSR count). The van der Waals surface area contributed by atoms with E-state index in [1.807, 2.05) is 32.0 Å². The second kappa shape index (κ2) is 10.5. The summed E-state index contributed by atoms with van der Waals surface area (Å²) in [5.41, 5.74) is 3.17. The highest BCUT2D eigenvalue weighted by Gasteiger charge is 2.14. The lowest BCUT2D eigenvalue weighted by Gasteiger charge is -2.13. The van der Waals surface area contributed by atoms with Gasteiger partial charge in [-0.2, -0.15) is 0 Å². The summed E-state index contributed by atoms with van der Waals surface area (Å²) in [5, 5.41) is 2.72. The van der Waals surface area contributed by atoms with Crippen LogP contribution in [0.25, 0.3) is 0 Å². The lowest BCUT2D eigenvalue weighted by atomic mass is 10.1. The Kier molecular flexibility index (Phi) is 8.07. The summed E-state index contributed by atoms with van der Waals surface area (Å²) in [6, 6.07) is 10.4. The predicted molar refractivity (Wildman–Crippen MR) is 113 cm³/mol. The number of aryl methyl sites for hydroxylation is 2. The van der Waals surface area contributed by atoms with Gasteiger partial charge in [0.15, 0.2) is 18.1 Å². The first kappa shape index (κ1) is 22.3. The molecule has 0 heterocycles. The zero-order valence-corrected chi connectivity index (χ0v) is 17.7. The van der Waals surface area contributed by atoms with Crippen molar-refractivity contribution in [3.8, 4) is 11.5 Å². The smallest absolute Gasteiger partial charge is 0.338 e. The van der Waals surface area contributed by atoms with Crippen molar-refractivity contribution in [1.82, 2.24) is 0 Å². The summed E-state index contributed by atoms with van der Waals surface area (Å²) in [7, 11) is 1.51. The number of hydrogen-bond donors (Lipinski definition) is 1. The monoisotopic (exact) mass is 399 g/mol. The fourth-order valence-electron chi connectivity index (χ4n) is 2.55. The lowest BCUT2D eigenvalue weighted by molar-refractivity contribution is -0.119. The highest BCUT2D eigenvalue weighted by molar-refractivity contribution is 5.95. The largest absolute Gasteiger partial charge is 0.493 e. The third kappa shape index (κ3) is 6.82. The van der Waals surface area contributed by atoms with Crippen LogP contribution in [0, 0.1) is 19.8 Å². The van der Waals surface area contributed by atoms with E-state index >= 15 is 0 Å². The van der Waals surface area contributed by atoms with Crippen LogP contribution in [0.1, 0.15) is 41.8 Å². The molecule has 0 unspecified atom stereocenters. The molecule has 29 heavy (non-hydrogen) atoms. The number of carbonyl (C=O) groups excluding carboxylic acids is 2. The highest BCUT2D eigenvalue weighted by atomic mass is 16.5. The van der Waals surface area contributed by atoms with Crippen LogP contribution in [0.5, 0.6) is 11.5 Å². The maximum Gasteiger partial charge on any atom is 0.338 e. The molecule has 1 N–H and O–H groups in total. The Morgan fingerprint density at radius 2 is 1.76 bits per heavy atom. The fourth-order valence-corrected chi connectivity index (χ4v) is 2.55. The fraction of sp³-hybridized carbons (Fsp3) is 0.391. The van der Waals surface area contributed by atoms with Crippen LogP contribution in [-0.2, 0) is 9.53 Å². The predicted octanol–water partition coefficient (Wildman–Crippen LogP) is 4.53. The Bertz CT molecular complexity index is 860. The van der Waals surface area contributed by atoms with Gasteiger partial charge < -0.3 is 19.5 Å². The molecular formula is C23H29NO5. The number of amides is 1. The summed E-state index contributed by atoms with van der Waals surface area (Å²) in [5.74, 6) is 0.541. The van der Waals surface area contributed by atoms with Gasteiger partial charge in [0.1, 0.15) is 0 Å². The molecule has 6 nitrogen and oxygen atoms in total. The SMILES string of the molecule is COc1cc(C(=O)OCC(=O)Nc2ccc(C)c(C)c2)ccc1OCCC(C)C. The maximum atomic E-state index is 12.3. The molecule has 6 heteroatoms. The molecule has 0 aliphatic rings. The zero-order valence-electron chi connectivity index (χ0n) is 17.7. The molecule has 0 atom stereocenters. The molecular weight excluding hydrogens is 370 g/mol. The summed E-state index contributed by atoms with van der Waals surface area (Å²) in [4.78, 5) is 24.3. The van der Waals surface area contributed by atoms with E-state index in [4.69, 9.17) is 14.2 Å². The van der Waals surface area contributed by atoms with Gasteiger partial charge in [-0.15, -0.1) is 0 Å². The summed E-state index contributed by atoms with van der Waals surface area (Å²) in [6.45, 7) is 8.40. The van der Waals surface area contributed by atoms with E-state index in [2.05, 4.69) is 19.2 Å². The molecule has 0 saturated carbocycles. The van der Waals surface area contributed by atoms with Crippen LogP contribution < -0.4 is 14.8 Å². The first-order chi connectivity index (χ1) is 13.8. The van der Waals surface area contributed by atoms with Crippen molar-refractivity contribution in [2.45, 2.75) is 34.1 Å². The summed E-state index contributed by atoms with van der Waals surface area (Å²) < 4.78 is 16.1. The van der Waals surface area contributed by atoms with Gasteiger partial charge in [0, 0.05) is 5.69 Å². The van der Waals surface area contributed by atoms with Gasteiger partial charge in [0.25, 0.3) is 5.91 Å². The summed E-state index contributed by atoms with van der Waals surface area (Å²) in [6.07, 6.45) is 0.919. The van der Waals surface area contributed by atoms with Crippen molar-refractivity contribution in [2.75, 3.05) is 25.6 Å². The van der Waals surface area contributed by atoms with E-state index < -0.39 is 11.9 Å². The van der Waals surface area contributed by atoms with E-state index in [9.17, 15) is 9.59 Å². The van der Waals surface area contributed by atoms with E-state index in [0.29, 0.717) is 29.7 Å². The van der Waals surface area contributed by atoms with Crippen LogP contribution in [0.15, 0.2) is 36.4 Å². The van der Waals surface area contributed by atoms with Crippen LogP contribution >= 0.6 is 0 Å². The Morgan fingerprint density at radius 1 is 1.00 bits per heavy atom. The number of esters is 1. The minimum Gasteiger partial charge on any atom is -0.493 e. The number of ether oxygens (including phenoxy) is 3. The average Bonchev–Trinajstić information content (AvgIpc) is 2.68. The van der Waals surface area contributed by atoms with Gasteiger partial charge in [-0.3, -0.25) is 4.79 Å². The van der Waals surface area contributed by atoms with Crippen LogP contribution in [0.2, 0.25) is 0 Å². The number of methoxy groups -OCH3 is 1. The molecule has 156 valence electrons. The number of hydrogen-bond acceptors (Lipinski definition) is 5. The second-order valence-electron chi connectivity index (χ2n) is 7.32. The Hall–Kier alpha value is -3.02. The van der Waals surface area contributed by atoms with E-state index in [1.54, 1.807) is 18.2 Å². The van der Waals surface area contributed by atoms with Crippen molar-refractivity contribution < 1.29 is 23.8 Å². The second-order valence-corrected chi connectivity index (χ2v) is 7.32. The Morgan fingerprint density at radius 3 is 2.41 bits per heavy atom. The highest BCUT2D eigenvalue weighted by Crippen LogP contribution is 2.28. The minimum absolute atomic E-state index is 0.289. The van der Waals surface area contributed by atoms with E-state index in [-0.39, 0.29) is 12.2 Å². The molecule has 0 aromatic heterocycles. The molecule has 0 spiro atoms. The number of benzene rings is 2. The van der Waals surface area contributed by atoms with Crippen LogP contribution in [0.4, 0.5) is 5.69 Å². The van der Waals surface area contributed by atoms with Crippen molar-refractivity contribution in [3.63, 3.8) is 0 Å². The molecule has 2 aromatic carbocycles. The Balaban J connectivity index is 1.92. The third-order valence-electron chi connectivity index (χ3n) is 4.48. The molecule has 2 aromatic rings. The van der Waals surface area contributed by atoms with Crippen molar-refractivity contribution in [1.29, 1.82) is 0 Å². The first-order valence-corrected chi connectivity index (χ1v) is 9.65. The average molecular weight is 399 g/mol. The first-order valence-electron chi connectivity index (χ1n) is 9.65. The number of rotatable bonds is 9. The standard InChI is InChI=1S/C23H29NO5/c1-15(2)10-11-28-20-9-7-18(13-21(20)27-5)23(26)29-14-22(25)24-19-8-6-16(3)17(4)12-19/h6-9,12-13,15H,10-11,14H2,1-5H3,(H,24,25). The molecule has 0 fully saturated rings. The molecule has 0 aliphatic carbocycles. The van der Waals surface area contributed by atoms with Gasteiger partial charge in [-0.05, 0) is 67.6 Å². The minimum atomic E-state index is -0.604. The van der Waals surface area contributed by atoms with E-state index in [1.165, 1.54) is 7.11 Å².